The molecule has 1 aromatic rings. The molecule has 1 heterocycles. The van der Waals surface area contributed by atoms with Crippen LogP contribution in [0.25, 0.3) is 0 Å². The molecule has 0 bridgehead atoms. The Labute approximate surface area is 110 Å². The highest BCUT2D eigenvalue weighted by Gasteiger charge is 2.16. The number of hydrogen-bond donors (Lipinski definition) is 2. The van der Waals surface area contributed by atoms with Crippen LogP contribution in [0, 0.1) is 0 Å². The summed E-state index contributed by atoms with van der Waals surface area (Å²) in [5.74, 6) is -0.882. The molecule has 0 aliphatic carbocycles. The number of carbonyl (C=O) groups is 2. The van der Waals surface area contributed by atoms with E-state index in [0.717, 1.165) is 0 Å². The lowest BCUT2D eigenvalue weighted by Gasteiger charge is -2.12. The number of carbonyl (C=O) groups excluding carboxylic acids is 2. The molecule has 0 aliphatic heterocycles. The molecule has 106 valence electrons. The summed E-state index contributed by atoms with van der Waals surface area (Å²) < 4.78 is 10.7. The molecule has 0 saturated heterocycles. The van der Waals surface area contributed by atoms with Crippen LogP contribution >= 0.6 is 0 Å². The summed E-state index contributed by atoms with van der Waals surface area (Å²) in [7, 11) is 2.79. The zero-order valence-corrected chi connectivity index (χ0v) is 11.2. The van der Waals surface area contributed by atoms with Crippen molar-refractivity contribution in [2.75, 3.05) is 26.6 Å². The Kier molecular flexibility index (Phi) is 5.31. The zero-order valence-electron chi connectivity index (χ0n) is 11.2. The Hall–Kier alpha value is -2.09. The Balaban J connectivity index is 2.62. The van der Waals surface area contributed by atoms with Crippen LogP contribution in [-0.4, -0.2) is 48.5 Å². The quantitative estimate of drug-likeness (QED) is 0.668. The van der Waals surface area contributed by atoms with Crippen molar-refractivity contribution >= 4 is 17.6 Å². The van der Waals surface area contributed by atoms with E-state index in [9.17, 15) is 9.59 Å². The maximum absolute atomic E-state index is 11.7. The minimum atomic E-state index is -0.635. The molecular formula is C11H18N4O4. The lowest BCUT2D eigenvalue weighted by atomic mass is 10.3. The predicted molar refractivity (Wildman–Crippen MR) is 67.5 cm³/mol. The third kappa shape index (κ3) is 4.25. The number of aromatic nitrogens is 2. The van der Waals surface area contributed by atoms with Crippen molar-refractivity contribution in [1.82, 2.24) is 15.1 Å². The second kappa shape index (κ2) is 6.74. The maximum Gasteiger partial charge on any atom is 0.360 e. The zero-order chi connectivity index (χ0) is 14.4. The number of nitrogen functional groups attached to an aromatic ring is 1. The number of ether oxygens (including phenoxy) is 2. The van der Waals surface area contributed by atoms with E-state index in [2.05, 4.69) is 15.2 Å². The van der Waals surface area contributed by atoms with Gasteiger partial charge in [0.05, 0.1) is 19.4 Å². The number of methoxy groups -OCH3 is 2. The van der Waals surface area contributed by atoms with Crippen LogP contribution < -0.4 is 11.1 Å². The summed E-state index contributed by atoms with van der Waals surface area (Å²) in [6.07, 6.45) is 1.41. The Morgan fingerprint density at radius 2 is 2.21 bits per heavy atom. The number of rotatable bonds is 6. The van der Waals surface area contributed by atoms with Crippen LogP contribution in [0.4, 0.5) is 5.69 Å². The van der Waals surface area contributed by atoms with Crippen molar-refractivity contribution in [3.8, 4) is 0 Å². The van der Waals surface area contributed by atoms with Gasteiger partial charge < -0.3 is 20.5 Å². The van der Waals surface area contributed by atoms with Gasteiger partial charge >= 0.3 is 5.97 Å². The molecule has 0 aliphatic rings. The summed E-state index contributed by atoms with van der Waals surface area (Å²) in [5.41, 5.74) is 5.78. The van der Waals surface area contributed by atoms with Crippen LogP contribution in [0.15, 0.2) is 6.20 Å². The van der Waals surface area contributed by atoms with Gasteiger partial charge in [0.1, 0.15) is 6.54 Å². The largest absolute Gasteiger partial charge is 0.464 e. The first-order valence-electron chi connectivity index (χ1n) is 5.67. The van der Waals surface area contributed by atoms with Crippen molar-refractivity contribution in [1.29, 1.82) is 0 Å². The standard InChI is InChI=1S/C11H18N4O4/c1-7(6-18-2)13-9(16)5-15-4-8(12)10(14-15)11(17)19-3/h4,7H,5-6,12H2,1-3H3,(H,13,16). The Bertz CT molecular complexity index is 458. The van der Waals surface area contributed by atoms with E-state index in [1.165, 1.54) is 18.0 Å². The van der Waals surface area contributed by atoms with E-state index in [1.807, 2.05) is 6.92 Å². The molecule has 19 heavy (non-hydrogen) atoms. The number of nitrogens with one attached hydrogen (secondary N) is 1. The van der Waals surface area contributed by atoms with E-state index in [4.69, 9.17) is 10.5 Å². The van der Waals surface area contributed by atoms with Crippen LogP contribution in [-0.2, 0) is 20.8 Å². The van der Waals surface area contributed by atoms with Gasteiger partial charge in [0.25, 0.3) is 0 Å². The fourth-order valence-corrected chi connectivity index (χ4v) is 1.53. The van der Waals surface area contributed by atoms with Gasteiger partial charge in [-0.25, -0.2) is 4.79 Å². The molecular weight excluding hydrogens is 252 g/mol. The minimum absolute atomic E-state index is 0.000222. The number of hydrogen-bond acceptors (Lipinski definition) is 6. The van der Waals surface area contributed by atoms with Gasteiger partial charge in [-0.1, -0.05) is 0 Å². The van der Waals surface area contributed by atoms with Gasteiger partial charge in [-0.15, -0.1) is 0 Å². The van der Waals surface area contributed by atoms with Crippen molar-refractivity contribution in [2.24, 2.45) is 0 Å². The van der Waals surface area contributed by atoms with Crippen molar-refractivity contribution < 1.29 is 19.1 Å². The molecule has 0 aromatic carbocycles. The van der Waals surface area contributed by atoms with Crippen LogP contribution in [0.3, 0.4) is 0 Å². The smallest absolute Gasteiger partial charge is 0.360 e. The Morgan fingerprint density at radius 3 is 2.79 bits per heavy atom. The lowest BCUT2D eigenvalue weighted by Crippen LogP contribution is -2.37. The fourth-order valence-electron chi connectivity index (χ4n) is 1.53. The number of nitrogens with two attached hydrogens (primary N) is 1. The van der Waals surface area contributed by atoms with E-state index in [0.29, 0.717) is 6.61 Å². The van der Waals surface area contributed by atoms with Crippen molar-refractivity contribution in [2.45, 2.75) is 19.5 Å². The monoisotopic (exact) mass is 270 g/mol. The normalized spacial score (nSPS) is 11.9. The first kappa shape index (κ1) is 15.0. The third-order valence-corrected chi connectivity index (χ3v) is 2.30. The van der Waals surface area contributed by atoms with E-state index in [-0.39, 0.29) is 29.9 Å². The maximum atomic E-state index is 11.7. The molecule has 8 heteroatoms. The van der Waals surface area contributed by atoms with E-state index in [1.54, 1.807) is 7.11 Å². The fraction of sp³-hybridized carbons (Fsp3) is 0.545. The average molecular weight is 270 g/mol. The predicted octanol–water partition coefficient (Wildman–Crippen LogP) is -0.597. The second-order valence-corrected chi connectivity index (χ2v) is 4.05. The van der Waals surface area contributed by atoms with Gasteiger partial charge in [-0.2, -0.15) is 5.10 Å². The molecule has 0 radical (unpaired) electrons. The highest BCUT2D eigenvalue weighted by Crippen LogP contribution is 2.09. The molecule has 8 nitrogen and oxygen atoms in total. The van der Waals surface area contributed by atoms with E-state index < -0.39 is 5.97 Å². The molecule has 0 spiro atoms. The average Bonchev–Trinajstić information content (AvgIpc) is 2.69. The molecule has 0 fully saturated rings. The topological polar surface area (TPSA) is 108 Å². The summed E-state index contributed by atoms with van der Waals surface area (Å²) >= 11 is 0. The minimum Gasteiger partial charge on any atom is -0.464 e. The molecule has 0 saturated carbocycles. The summed E-state index contributed by atoms with van der Waals surface area (Å²) in [4.78, 5) is 23.0. The van der Waals surface area contributed by atoms with Gasteiger partial charge in [0, 0.05) is 19.3 Å². The lowest BCUT2D eigenvalue weighted by molar-refractivity contribution is -0.122. The highest BCUT2D eigenvalue weighted by atomic mass is 16.5. The number of nitrogens with zero attached hydrogens (tertiary/aromatic N) is 2. The molecule has 3 N–H and O–H groups in total. The number of amides is 1. The van der Waals surface area contributed by atoms with Gasteiger partial charge in [0.2, 0.25) is 5.91 Å². The number of anilines is 1. The number of esters is 1. The van der Waals surface area contributed by atoms with Crippen molar-refractivity contribution in [3.05, 3.63) is 11.9 Å². The molecule has 1 rings (SSSR count). The van der Waals surface area contributed by atoms with Gasteiger partial charge in [-0.3, -0.25) is 9.48 Å². The second-order valence-electron chi connectivity index (χ2n) is 4.05. The first-order chi connectivity index (χ1) is 8.97. The molecule has 1 amide bonds. The third-order valence-electron chi connectivity index (χ3n) is 2.30. The van der Waals surface area contributed by atoms with E-state index >= 15 is 0 Å². The summed E-state index contributed by atoms with van der Waals surface area (Å²) in [6.45, 7) is 2.20. The van der Waals surface area contributed by atoms with Gasteiger partial charge in [0.15, 0.2) is 5.69 Å². The highest BCUT2D eigenvalue weighted by molar-refractivity contribution is 5.92. The van der Waals surface area contributed by atoms with Gasteiger partial charge in [-0.05, 0) is 6.92 Å². The van der Waals surface area contributed by atoms with Crippen LogP contribution in [0.1, 0.15) is 17.4 Å². The summed E-state index contributed by atoms with van der Waals surface area (Å²) in [6, 6.07) is -0.106. The molecule has 1 atom stereocenters. The summed E-state index contributed by atoms with van der Waals surface area (Å²) in [5, 5.41) is 6.62. The SMILES string of the molecule is COCC(C)NC(=O)Cn1cc(N)c(C(=O)OC)n1. The van der Waals surface area contributed by atoms with Crippen LogP contribution in [0.5, 0.6) is 0 Å². The molecule has 1 aromatic heterocycles. The first-order valence-corrected chi connectivity index (χ1v) is 5.67. The van der Waals surface area contributed by atoms with Crippen molar-refractivity contribution in [3.63, 3.8) is 0 Å². The van der Waals surface area contributed by atoms with Crippen LogP contribution in [0.2, 0.25) is 0 Å². The Morgan fingerprint density at radius 1 is 1.53 bits per heavy atom. The molecule has 1 unspecified atom stereocenters.